The number of rotatable bonds is 4. The number of amides is 2. The highest BCUT2D eigenvalue weighted by Gasteiger charge is 2.30. The molecule has 1 atom stereocenters. The van der Waals surface area contributed by atoms with E-state index in [2.05, 4.69) is 15.2 Å². The Hall–Kier alpha value is -2.15. The highest BCUT2D eigenvalue weighted by atomic mass is 16.5. The molecule has 7 nitrogen and oxygen atoms in total. The summed E-state index contributed by atoms with van der Waals surface area (Å²) in [5.74, 6) is -0.452. The van der Waals surface area contributed by atoms with E-state index >= 15 is 0 Å². The monoisotopic (exact) mass is 318 g/mol. The smallest absolute Gasteiger partial charge is 0.267 e. The number of carbonyl (C=O) groups excluding carboxylic acids is 2. The number of pyridine rings is 1. The molecule has 0 aliphatic carbocycles. The summed E-state index contributed by atoms with van der Waals surface area (Å²) < 4.78 is 5.31. The molecule has 3 N–H and O–H groups in total. The molecule has 2 amide bonds. The van der Waals surface area contributed by atoms with Gasteiger partial charge in [0.05, 0.1) is 5.92 Å². The van der Waals surface area contributed by atoms with Gasteiger partial charge in [0.2, 0.25) is 5.91 Å². The zero-order valence-electron chi connectivity index (χ0n) is 13.0. The van der Waals surface area contributed by atoms with Crippen LogP contribution in [-0.4, -0.2) is 49.1 Å². The van der Waals surface area contributed by atoms with Crippen LogP contribution in [-0.2, 0) is 9.53 Å². The van der Waals surface area contributed by atoms with E-state index in [0.29, 0.717) is 19.8 Å². The van der Waals surface area contributed by atoms with Crippen molar-refractivity contribution in [1.29, 1.82) is 0 Å². The molecule has 2 aliphatic heterocycles. The van der Waals surface area contributed by atoms with Crippen molar-refractivity contribution < 1.29 is 14.3 Å². The maximum Gasteiger partial charge on any atom is 0.267 e. The van der Waals surface area contributed by atoms with Crippen molar-refractivity contribution in [3.8, 4) is 0 Å². The molecule has 3 rings (SSSR count). The van der Waals surface area contributed by atoms with Crippen molar-refractivity contribution in [1.82, 2.24) is 10.3 Å². The Kier molecular flexibility index (Phi) is 4.76. The van der Waals surface area contributed by atoms with Crippen molar-refractivity contribution in [2.24, 2.45) is 11.7 Å². The van der Waals surface area contributed by atoms with E-state index in [9.17, 15) is 9.59 Å². The van der Waals surface area contributed by atoms with Crippen LogP contribution in [0.15, 0.2) is 18.3 Å². The van der Waals surface area contributed by atoms with Gasteiger partial charge in [0.1, 0.15) is 5.69 Å². The van der Waals surface area contributed by atoms with Gasteiger partial charge >= 0.3 is 0 Å². The molecule has 3 heterocycles. The van der Waals surface area contributed by atoms with Crippen LogP contribution >= 0.6 is 0 Å². The Morgan fingerprint density at radius 3 is 2.83 bits per heavy atom. The Morgan fingerprint density at radius 2 is 2.09 bits per heavy atom. The zero-order chi connectivity index (χ0) is 16.2. The molecule has 23 heavy (non-hydrogen) atoms. The van der Waals surface area contributed by atoms with Gasteiger partial charge in [-0.1, -0.05) is 0 Å². The van der Waals surface area contributed by atoms with E-state index < -0.39 is 5.91 Å². The molecule has 2 aliphatic rings. The Morgan fingerprint density at radius 1 is 1.30 bits per heavy atom. The zero-order valence-corrected chi connectivity index (χ0v) is 13.0. The minimum atomic E-state index is -0.542. The van der Waals surface area contributed by atoms with Gasteiger partial charge in [-0.15, -0.1) is 0 Å². The second-order valence-electron chi connectivity index (χ2n) is 6.09. The molecular weight excluding hydrogens is 296 g/mol. The first-order valence-corrected chi connectivity index (χ1v) is 8.02. The van der Waals surface area contributed by atoms with Crippen LogP contribution in [0.25, 0.3) is 0 Å². The number of aromatic nitrogens is 1. The second kappa shape index (κ2) is 6.95. The van der Waals surface area contributed by atoms with Gasteiger partial charge in [0.15, 0.2) is 0 Å². The minimum absolute atomic E-state index is 0.0250. The third kappa shape index (κ3) is 3.79. The Bertz CT molecular complexity index is 586. The molecule has 2 saturated heterocycles. The molecule has 0 aromatic carbocycles. The highest BCUT2D eigenvalue weighted by Crippen LogP contribution is 2.24. The summed E-state index contributed by atoms with van der Waals surface area (Å²) in [6.07, 6.45) is 4.15. The van der Waals surface area contributed by atoms with Gasteiger partial charge in [-0.3, -0.25) is 14.6 Å². The van der Waals surface area contributed by atoms with E-state index in [-0.39, 0.29) is 23.6 Å². The first kappa shape index (κ1) is 15.7. The van der Waals surface area contributed by atoms with Gasteiger partial charge in [0, 0.05) is 44.2 Å². The first-order valence-electron chi connectivity index (χ1n) is 8.02. The molecule has 2 fully saturated rings. The summed E-state index contributed by atoms with van der Waals surface area (Å²) in [4.78, 5) is 29.7. The minimum Gasteiger partial charge on any atom is -0.381 e. The summed E-state index contributed by atoms with van der Waals surface area (Å²) in [5, 5.41) is 3.13. The third-order valence-corrected chi connectivity index (χ3v) is 4.49. The van der Waals surface area contributed by atoms with E-state index in [1.54, 1.807) is 12.3 Å². The molecule has 7 heteroatoms. The summed E-state index contributed by atoms with van der Waals surface area (Å²) >= 11 is 0. The average Bonchev–Trinajstić information content (AvgIpc) is 3.06. The molecule has 1 unspecified atom stereocenters. The van der Waals surface area contributed by atoms with Crippen LogP contribution in [0, 0.1) is 5.92 Å². The fourth-order valence-electron chi connectivity index (χ4n) is 3.12. The molecule has 1 aromatic heterocycles. The predicted molar refractivity (Wildman–Crippen MR) is 85.1 cm³/mol. The maximum absolute atomic E-state index is 12.4. The topological polar surface area (TPSA) is 97.6 Å². The van der Waals surface area contributed by atoms with Crippen molar-refractivity contribution >= 4 is 17.5 Å². The van der Waals surface area contributed by atoms with E-state index in [0.717, 1.165) is 31.5 Å². The van der Waals surface area contributed by atoms with E-state index in [1.807, 2.05) is 6.07 Å². The van der Waals surface area contributed by atoms with Crippen LogP contribution in [0.3, 0.4) is 0 Å². The van der Waals surface area contributed by atoms with Crippen molar-refractivity contribution in [2.75, 3.05) is 31.2 Å². The highest BCUT2D eigenvalue weighted by molar-refractivity contribution is 5.91. The molecular formula is C16H22N4O3. The number of carbonyl (C=O) groups is 2. The third-order valence-electron chi connectivity index (χ3n) is 4.49. The largest absolute Gasteiger partial charge is 0.381 e. The van der Waals surface area contributed by atoms with E-state index in [1.165, 1.54) is 0 Å². The normalized spacial score (nSPS) is 22.1. The summed E-state index contributed by atoms with van der Waals surface area (Å²) in [6.45, 7) is 2.87. The van der Waals surface area contributed by atoms with Crippen LogP contribution < -0.4 is 16.0 Å². The lowest BCUT2D eigenvalue weighted by Crippen LogP contribution is -2.42. The van der Waals surface area contributed by atoms with Crippen molar-refractivity contribution in [3.05, 3.63) is 24.0 Å². The number of hydrogen-bond acceptors (Lipinski definition) is 5. The number of hydrogen-bond donors (Lipinski definition) is 2. The fourth-order valence-corrected chi connectivity index (χ4v) is 3.12. The Labute approximate surface area is 135 Å². The van der Waals surface area contributed by atoms with Crippen LogP contribution in [0.1, 0.15) is 29.8 Å². The summed E-state index contributed by atoms with van der Waals surface area (Å²) in [7, 11) is 0. The Balaban J connectivity index is 1.58. The van der Waals surface area contributed by atoms with Crippen LogP contribution in [0.2, 0.25) is 0 Å². The number of anilines is 1. The average molecular weight is 318 g/mol. The lowest BCUT2D eigenvalue weighted by Gasteiger charge is -2.25. The van der Waals surface area contributed by atoms with Gasteiger partial charge in [0.25, 0.3) is 5.91 Å². The van der Waals surface area contributed by atoms with Crippen molar-refractivity contribution in [3.63, 3.8) is 0 Å². The number of nitrogens with one attached hydrogen (secondary N) is 1. The van der Waals surface area contributed by atoms with Gasteiger partial charge < -0.3 is 20.7 Å². The maximum atomic E-state index is 12.4. The number of primary amides is 1. The van der Waals surface area contributed by atoms with Gasteiger partial charge in [-0.25, -0.2) is 0 Å². The molecule has 0 spiro atoms. The van der Waals surface area contributed by atoms with Crippen molar-refractivity contribution in [2.45, 2.75) is 25.3 Å². The van der Waals surface area contributed by atoms with Crippen LogP contribution in [0.4, 0.5) is 5.69 Å². The van der Waals surface area contributed by atoms with Crippen LogP contribution in [0.5, 0.6) is 0 Å². The standard InChI is InChI=1S/C16H22N4O3/c17-15(21)14-9-13(1-5-18-14)20-6-2-11(10-20)16(22)19-12-3-7-23-8-4-12/h1,5,9,11-12H,2-4,6-8,10H2,(H2,17,21)(H,19,22). The first-order chi connectivity index (χ1) is 11.1. The summed E-state index contributed by atoms with van der Waals surface area (Å²) in [6, 6.07) is 3.75. The summed E-state index contributed by atoms with van der Waals surface area (Å²) in [5.41, 5.74) is 6.40. The lowest BCUT2D eigenvalue weighted by atomic mass is 10.1. The molecule has 0 radical (unpaired) electrons. The van der Waals surface area contributed by atoms with E-state index in [4.69, 9.17) is 10.5 Å². The predicted octanol–water partition coefficient (Wildman–Crippen LogP) is 0.302. The number of ether oxygens (including phenoxy) is 1. The van der Waals surface area contributed by atoms with Gasteiger partial charge in [-0.2, -0.15) is 0 Å². The molecule has 0 bridgehead atoms. The molecule has 124 valence electrons. The SMILES string of the molecule is NC(=O)c1cc(N2CCC(C(=O)NC3CCOCC3)C2)ccn1. The fraction of sp³-hybridized carbons (Fsp3) is 0.562. The number of nitrogens with zero attached hydrogens (tertiary/aromatic N) is 2. The second-order valence-corrected chi connectivity index (χ2v) is 6.09. The number of nitrogens with two attached hydrogens (primary N) is 1. The lowest BCUT2D eigenvalue weighted by molar-refractivity contribution is -0.125. The van der Waals surface area contributed by atoms with Gasteiger partial charge in [-0.05, 0) is 31.4 Å². The molecule has 1 aromatic rings. The quantitative estimate of drug-likeness (QED) is 0.832. The molecule has 0 saturated carbocycles.